The number of carboxylic acid groups (broad SMARTS) is 1. The van der Waals surface area contributed by atoms with Crippen LogP contribution in [0.5, 0.6) is 0 Å². The number of hydrogen-bond acceptors (Lipinski definition) is 2. The van der Waals surface area contributed by atoms with Crippen LogP contribution in [-0.2, 0) is 6.54 Å². The maximum atomic E-state index is 11.1. The third-order valence-corrected chi connectivity index (χ3v) is 4.74. The van der Waals surface area contributed by atoms with Crippen molar-refractivity contribution in [3.8, 4) is 11.1 Å². The number of carbonyl (C=O) groups is 1. The molecule has 1 N–H and O–H groups in total. The number of carboxylic acids is 1. The van der Waals surface area contributed by atoms with E-state index in [0.717, 1.165) is 34.4 Å². The Hall–Kier alpha value is -2.62. The first kappa shape index (κ1) is 14.0. The molecule has 0 saturated heterocycles. The molecular formula is C19H18N2O2. The maximum Gasteiger partial charge on any atom is 0.335 e. The quantitative estimate of drug-likeness (QED) is 0.786. The molecule has 4 heteroatoms. The molecule has 0 bridgehead atoms. The number of aromatic nitrogens is 2. The summed E-state index contributed by atoms with van der Waals surface area (Å²) in [4.78, 5) is 11.1. The summed E-state index contributed by atoms with van der Waals surface area (Å²) < 4.78 is 2.03. The molecule has 0 spiro atoms. The summed E-state index contributed by atoms with van der Waals surface area (Å²) in [6, 6.07) is 11.2. The van der Waals surface area contributed by atoms with Gasteiger partial charge in [0.1, 0.15) is 0 Å². The molecule has 2 aromatic carbocycles. The van der Waals surface area contributed by atoms with Crippen molar-refractivity contribution in [2.45, 2.75) is 25.8 Å². The van der Waals surface area contributed by atoms with E-state index in [4.69, 9.17) is 5.11 Å². The molecule has 1 heterocycles. The SMILES string of the molecule is O=C(O)c1ccc2c(-c3cnn(CC4CCC4)c3)cccc2c1. The van der Waals surface area contributed by atoms with Gasteiger partial charge in [0.25, 0.3) is 0 Å². The fraction of sp³-hybridized carbons (Fsp3) is 0.263. The summed E-state index contributed by atoms with van der Waals surface area (Å²) in [5, 5.41) is 15.6. The third kappa shape index (κ3) is 2.61. The minimum absolute atomic E-state index is 0.315. The van der Waals surface area contributed by atoms with E-state index in [1.165, 1.54) is 19.3 Å². The van der Waals surface area contributed by atoms with Gasteiger partial charge >= 0.3 is 5.97 Å². The second kappa shape index (κ2) is 5.54. The molecule has 0 unspecified atom stereocenters. The number of fused-ring (bicyclic) bond motifs is 1. The van der Waals surface area contributed by atoms with Crippen molar-refractivity contribution < 1.29 is 9.90 Å². The van der Waals surface area contributed by atoms with Crippen LogP contribution >= 0.6 is 0 Å². The summed E-state index contributed by atoms with van der Waals surface area (Å²) in [6.07, 6.45) is 7.95. The molecule has 0 aliphatic heterocycles. The highest BCUT2D eigenvalue weighted by Crippen LogP contribution is 2.31. The van der Waals surface area contributed by atoms with Crippen LogP contribution in [0.15, 0.2) is 48.8 Å². The van der Waals surface area contributed by atoms with Crippen LogP contribution in [0.2, 0.25) is 0 Å². The van der Waals surface area contributed by atoms with Crippen LogP contribution < -0.4 is 0 Å². The van der Waals surface area contributed by atoms with Crippen LogP contribution in [-0.4, -0.2) is 20.9 Å². The standard InChI is InChI=1S/C19H18N2O2/c22-19(23)15-7-8-18-14(9-15)5-2-6-17(18)16-10-20-21(12-16)11-13-3-1-4-13/h2,5-10,12-13H,1,3-4,11H2,(H,22,23). The Bertz CT molecular complexity index is 878. The average Bonchev–Trinajstić information content (AvgIpc) is 2.98. The molecule has 4 rings (SSSR count). The summed E-state index contributed by atoms with van der Waals surface area (Å²) in [6.45, 7) is 0.994. The minimum atomic E-state index is -0.898. The molecular weight excluding hydrogens is 288 g/mol. The molecule has 3 aromatic rings. The first-order valence-corrected chi connectivity index (χ1v) is 7.99. The number of nitrogens with zero attached hydrogens (tertiary/aromatic N) is 2. The lowest BCUT2D eigenvalue weighted by Gasteiger charge is -2.24. The van der Waals surface area contributed by atoms with Gasteiger partial charge in [0.05, 0.1) is 11.8 Å². The van der Waals surface area contributed by atoms with Gasteiger partial charge in [-0.3, -0.25) is 4.68 Å². The third-order valence-electron chi connectivity index (χ3n) is 4.74. The zero-order valence-corrected chi connectivity index (χ0v) is 12.8. The smallest absolute Gasteiger partial charge is 0.335 e. The highest BCUT2D eigenvalue weighted by Gasteiger charge is 2.18. The molecule has 4 nitrogen and oxygen atoms in total. The van der Waals surface area contributed by atoms with Crippen LogP contribution in [0, 0.1) is 5.92 Å². The second-order valence-electron chi connectivity index (χ2n) is 6.29. The van der Waals surface area contributed by atoms with Gasteiger partial charge in [0, 0.05) is 18.3 Å². The number of aromatic carboxylic acids is 1. The van der Waals surface area contributed by atoms with E-state index < -0.39 is 5.97 Å². The molecule has 1 aliphatic rings. The van der Waals surface area contributed by atoms with Gasteiger partial charge in [0.15, 0.2) is 0 Å². The molecule has 0 radical (unpaired) electrons. The predicted molar refractivity (Wildman–Crippen MR) is 89.5 cm³/mol. The molecule has 1 fully saturated rings. The first-order chi connectivity index (χ1) is 11.2. The largest absolute Gasteiger partial charge is 0.478 e. The molecule has 23 heavy (non-hydrogen) atoms. The van der Waals surface area contributed by atoms with E-state index in [1.807, 2.05) is 29.1 Å². The zero-order valence-electron chi connectivity index (χ0n) is 12.8. The van der Waals surface area contributed by atoms with Gasteiger partial charge in [0.2, 0.25) is 0 Å². The van der Waals surface area contributed by atoms with Crippen molar-refractivity contribution in [3.63, 3.8) is 0 Å². The second-order valence-corrected chi connectivity index (χ2v) is 6.29. The van der Waals surface area contributed by atoms with Crippen LogP contribution in [0.4, 0.5) is 0 Å². The fourth-order valence-corrected chi connectivity index (χ4v) is 3.21. The van der Waals surface area contributed by atoms with Crippen LogP contribution in [0.3, 0.4) is 0 Å². The van der Waals surface area contributed by atoms with Gasteiger partial charge in [-0.2, -0.15) is 5.10 Å². The Morgan fingerprint density at radius 2 is 2.13 bits per heavy atom. The van der Waals surface area contributed by atoms with Crippen molar-refractivity contribution in [1.82, 2.24) is 9.78 Å². The summed E-state index contributed by atoms with van der Waals surface area (Å²) in [7, 11) is 0. The van der Waals surface area contributed by atoms with E-state index in [9.17, 15) is 4.79 Å². The topological polar surface area (TPSA) is 55.1 Å². The number of hydrogen-bond donors (Lipinski definition) is 1. The van der Waals surface area contributed by atoms with Crippen molar-refractivity contribution >= 4 is 16.7 Å². The number of rotatable bonds is 4. The van der Waals surface area contributed by atoms with Gasteiger partial charge in [-0.05, 0) is 47.2 Å². The van der Waals surface area contributed by atoms with E-state index in [2.05, 4.69) is 17.4 Å². The lowest BCUT2D eigenvalue weighted by molar-refractivity contribution is 0.0697. The Morgan fingerprint density at radius 1 is 1.26 bits per heavy atom. The molecule has 1 aliphatic carbocycles. The molecule has 1 aromatic heterocycles. The monoisotopic (exact) mass is 306 g/mol. The van der Waals surface area contributed by atoms with E-state index in [1.54, 1.807) is 12.1 Å². The summed E-state index contributed by atoms with van der Waals surface area (Å²) in [5.41, 5.74) is 2.49. The molecule has 0 amide bonds. The number of benzene rings is 2. The van der Waals surface area contributed by atoms with Gasteiger partial charge < -0.3 is 5.11 Å². The molecule has 0 atom stereocenters. The molecule has 116 valence electrons. The van der Waals surface area contributed by atoms with Gasteiger partial charge in [-0.1, -0.05) is 30.7 Å². The zero-order chi connectivity index (χ0) is 15.8. The Kier molecular flexibility index (Phi) is 3.37. The lowest BCUT2D eigenvalue weighted by atomic mass is 9.85. The van der Waals surface area contributed by atoms with Gasteiger partial charge in [-0.15, -0.1) is 0 Å². The Morgan fingerprint density at radius 3 is 2.87 bits per heavy atom. The molecule has 1 saturated carbocycles. The van der Waals surface area contributed by atoms with Crippen molar-refractivity contribution in [2.24, 2.45) is 5.92 Å². The highest BCUT2D eigenvalue weighted by atomic mass is 16.4. The minimum Gasteiger partial charge on any atom is -0.478 e. The van der Waals surface area contributed by atoms with Gasteiger partial charge in [-0.25, -0.2) is 4.79 Å². The average molecular weight is 306 g/mol. The normalized spacial score (nSPS) is 14.8. The van der Waals surface area contributed by atoms with Crippen LogP contribution in [0.1, 0.15) is 29.6 Å². The predicted octanol–water partition coefficient (Wildman–Crippen LogP) is 4.20. The van der Waals surface area contributed by atoms with E-state index in [0.29, 0.717) is 5.56 Å². The van der Waals surface area contributed by atoms with E-state index >= 15 is 0 Å². The van der Waals surface area contributed by atoms with Crippen molar-refractivity contribution in [2.75, 3.05) is 0 Å². The van der Waals surface area contributed by atoms with Crippen molar-refractivity contribution in [3.05, 3.63) is 54.4 Å². The maximum absolute atomic E-state index is 11.1. The highest BCUT2D eigenvalue weighted by molar-refractivity contribution is 6.00. The summed E-state index contributed by atoms with van der Waals surface area (Å²) >= 11 is 0. The van der Waals surface area contributed by atoms with Crippen molar-refractivity contribution in [1.29, 1.82) is 0 Å². The Balaban J connectivity index is 1.71. The lowest BCUT2D eigenvalue weighted by Crippen LogP contribution is -2.18. The summed E-state index contributed by atoms with van der Waals surface area (Å²) in [5.74, 6) is -0.126. The van der Waals surface area contributed by atoms with E-state index in [-0.39, 0.29) is 0 Å². The first-order valence-electron chi connectivity index (χ1n) is 7.99. The van der Waals surface area contributed by atoms with Crippen LogP contribution in [0.25, 0.3) is 21.9 Å². The Labute approximate surface area is 134 Å². The fourth-order valence-electron chi connectivity index (χ4n) is 3.21.